The Hall–Kier alpha value is -0.160. The van der Waals surface area contributed by atoms with Crippen LogP contribution in [0.15, 0.2) is 0 Å². The highest BCUT2D eigenvalue weighted by Gasteiger charge is 2.30. The zero-order valence-corrected chi connectivity index (χ0v) is 10.5. The topological polar surface area (TPSA) is 24.9 Å². The van der Waals surface area contributed by atoms with Crippen LogP contribution >= 0.6 is 0 Å². The van der Waals surface area contributed by atoms with Gasteiger partial charge in [0.2, 0.25) is 0 Å². The maximum atomic E-state index is 5.24. The van der Waals surface area contributed by atoms with Crippen LogP contribution in [0.3, 0.4) is 0 Å². The molecule has 0 spiro atoms. The van der Waals surface area contributed by atoms with Crippen LogP contribution in [0.25, 0.3) is 0 Å². The van der Waals surface area contributed by atoms with Crippen LogP contribution in [0.2, 0.25) is 0 Å². The Kier molecular flexibility index (Phi) is 4.58. The lowest BCUT2D eigenvalue weighted by atomic mass is 10.2. The van der Waals surface area contributed by atoms with Gasteiger partial charge in [0, 0.05) is 33.4 Å². The smallest absolute Gasteiger partial charge is 0.169 e. The van der Waals surface area contributed by atoms with E-state index in [1.54, 1.807) is 14.2 Å². The molecule has 0 radical (unpaired) electrons. The van der Waals surface area contributed by atoms with E-state index in [4.69, 9.17) is 9.47 Å². The van der Waals surface area contributed by atoms with E-state index in [0.717, 1.165) is 12.6 Å². The van der Waals surface area contributed by atoms with Crippen molar-refractivity contribution in [1.29, 1.82) is 0 Å². The fourth-order valence-electron chi connectivity index (χ4n) is 2.84. The maximum Gasteiger partial charge on any atom is 0.169 e. The van der Waals surface area contributed by atoms with E-state index in [1.165, 1.54) is 45.4 Å². The van der Waals surface area contributed by atoms with Crippen molar-refractivity contribution in [2.75, 3.05) is 46.9 Å². The van der Waals surface area contributed by atoms with Crippen molar-refractivity contribution in [1.82, 2.24) is 9.80 Å². The third kappa shape index (κ3) is 2.94. The first kappa shape index (κ1) is 12.3. The standard InChI is InChI=1S/C12H24N2O2/c1-15-12(16-2)10-13-8-5-11(9-13)14-6-3-4-7-14/h11-12H,3-10H2,1-2H3. The molecule has 16 heavy (non-hydrogen) atoms. The van der Waals surface area contributed by atoms with Crippen LogP contribution in [0, 0.1) is 0 Å². The average molecular weight is 228 g/mol. The van der Waals surface area contributed by atoms with E-state index in [1.807, 2.05) is 0 Å². The molecule has 0 aliphatic carbocycles. The second kappa shape index (κ2) is 5.96. The van der Waals surface area contributed by atoms with Gasteiger partial charge in [-0.05, 0) is 38.9 Å². The highest BCUT2D eigenvalue weighted by Crippen LogP contribution is 2.20. The van der Waals surface area contributed by atoms with Gasteiger partial charge in [-0.15, -0.1) is 0 Å². The molecule has 1 unspecified atom stereocenters. The predicted molar refractivity (Wildman–Crippen MR) is 63.5 cm³/mol. The fourth-order valence-corrected chi connectivity index (χ4v) is 2.84. The Bertz CT molecular complexity index is 203. The van der Waals surface area contributed by atoms with Crippen molar-refractivity contribution in [3.8, 4) is 0 Å². The number of hydrogen-bond acceptors (Lipinski definition) is 4. The van der Waals surface area contributed by atoms with Crippen molar-refractivity contribution in [3.05, 3.63) is 0 Å². The molecule has 0 saturated carbocycles. The Morgan fingerprint density at radius 2 is 1.81 bits per heavy atom. The summed E-state index contributed by atoms with van der Waals surface area (Å²) >= 11 is 0. The fraction of sp³-hybridized carbons (Fsp3) is 1.00. The maximum absolute atomic E-state index is 5.24. The summed E-state index contributed by atoms with van der Waals surface area (Å²) < 4.78 is 10.5. The summed E-state index contributed by atoms with van der Waals surface area (Å²) in [7, 11) is 3.42. The van der Waals surface area contributed by atoms with Crippen LogP contribution in [0.4, 0.5) is 0 Å². The van der Waals surface area contributed by atoms with Crippen molar-refractivity contribution in [3.63, 3.8) is 0 Å². The van der Waals surface area contributed by atoms with E-state index in [9.17, 15) is 0 Å². The molecule has 2 saturated heterocycles. The molecule has 0 aromatic carbocycles. The second-order valence-corrected chi connectivity index (χ2v) is 4.85. The van der Waals surface area contributed by atoms with Gasteiger partial charge in [-0.3, -0.25) is 9.80 Å². The summed E-state index contributed by atoms with van der Waals surface area (Å²) in [5, 5.41) is 0. The van der Waals surface area contributed by atoms with E-state index >= 15 is 0 Å². The van der Waals surface area contributed by atoms with Crippen molar-refractivity contribution >= 4 is 0 Å². The molecular formula is C12H24N2O2. The summed E-state index contributed by atoms with van der Waals surface area (Å²) in [5.41, 5.74) is 0. The first-order valence-corrected chi connectivity index (χ1v) is 6.35. The molecule has 2 aliphatic heterocycles. The van der Waals surface area contributed by atoms with Crippen LogP contribution < -0.4 is 0 Å². The Balaban J connectivity index is 1.74. The lowest BCUT2D eigenvalue weighted by Crippen LogP contribution is -2.38. The molecule has 94 valence electrons. The Morgan fingerprint density at radius 1 is 1.12 bits per heavy atom. The minimum atomic E-state index is -0.0719. The molecular weight excluding hydrogens is 204 g/mol. The summed E-state index contributed by atoms with van der Waals surface area (Å²) in [6.45, 7) is 5.87. The molecule has 0 aromatic rings. The van der Waals surface area contributed by atoms with Gasteiger partial charge in [0.25, 0.3) is 0 Å². The molecule has 1 atom stereocenters. The molecule has 2 fully saturated rings. The van der Waals surface area contributed by atoms with Gasteiger partial charge >= 0.3 is 0 Å². The van der Waals surface area contributed by atoms with Gasteiger partial charge in [0.1, 0.15) is 0 Å². The van der Waals surface area contributed by atoms with E-state index < -0.39 is 0 Å². The summed E-state index contributed by atoms with van der Waals surface area (Å²) in [5.74, 6) is 0. The SMILES string of the molecule is COC(CN1CCC(N2CCCC2)C1)OC. The minimum absolute atomic E-state index is 0.0719. The third-order valence-corrected chi connectivity index (χ3v) is 3.84. The minimum Gasteiger partial charge on any atom is -0.355 e. The van der Waals surface area contributed by atoms with Gasteiger partial charge in [0.15, 0.2) is 6.29 Å². The molecule has 0 amide bonds. The number of ether oxygens (including phenoxy) is 2. The highest BCUT2D eigenvalue weighted by molar-refractivity contribution is 4.85. The normalized spacial score (nSPS) is 28.3. The summed E-state index contributed by atoms with van der Waals surface area (Å²) in [6, 6.07) is 0.775. The zero-order valence-electron chi connectivity index (χ0n) is 10.5. The van der Waals surface area contributed by atoms with Crippen LogP contribution in [0.5, 0.6) is 0 Å². The molecule has 0 aromatic heterocycles. The van der Waals surface area contributed by atoms with Gasteiger partial charge < -0.3 is 9.47 Å². The third-order valence-electron chi connectivity index (χ3n) is 3.84. The molecule has 2 aliphatic rings. The molecule has 2 heterocycles. The monoisotopic (exact) mass is 228 g/mol. The molecule has 4 heteroatoms. The number of hydrogen-bond donors (Lipinski definition) is 0. The van der Waals surface area contributed by atoms with E-state index in [2.05, 4.69) is 9.80 Å². The molecule has 4 nitrogen and oxygen atoms in total. The van der Waals surface area contributed by atoms with Gasteiger partial charge in [-0.1, -0.05) is 0 Å². The number of likely N-dealkylation sites (tertiary alicyclic amines) is 2. The quantitative estimate of drug-likeness (QED) is 0.649. The van der Waals surface area contributed by atoms with Crippen LogP contribution in [-0.4, -0.2) is 69.1 Å². The predicted octanol–water partition coefficient (Wildman–Crippen LogP) is 0.775. The first-order chi connectivity index (χ1) is 7.83. The van der Waals surface area contributed by atoms with Gasteiger partial charge in [-0.25, -0.2) is 0 Å². The lowest BCUT2D eigenvalue weighted by Gasteiger charge is -2.25. The van der Waals surface area contributed by atoms with Crippen LogP contribution in [0.1, 0.15) is 19.3 Å². The Labute approximate surface area is 98.5 Å². The number of nitrogens with zero attached hydrogens (tertiary/aromatic N) is 2. The Morgan fingerprint density at radius 3 is 2.44 bits per heavy atom. The largest absolute Gasteiger partial charge is 0.355 e. The van der Waals surface area contributed by atoms with E-state index in [-0.39, 0.29) is 6.29 Å². The van der Waals surface area contributed by atoms with Gasteiger partial charge in [-0.2, -0.15) is 0 Å². The molecule has 0 N–H and O–H groups in total. The summed E-state index contributed by atoms with van der Waals surface area (Å²) in [4.78, 5) is 5.11. The molecule has 2 rings (SSSR count). The average Bonchev–Trinajstić information content (AvgIpc) is 2.96. The zero-order chi connectivity index (χ0) is 11.4. The molecule has 0 bridgehead atoms. The highest BCUT2D eigenvalue weighted by atomic mass is 16.7. The lowest BCUT2D eigenvalue weighted by molar-refractivity contribution is -0.114. The summed E-state index contributed by atoms with van der Waals surface area (Å²) in [6.07, 6.45) is 4.00. The first-order valence-electron chi connectivity index (χ1n) is 6.35. The number of rotatable bonds is 5. The van der Waals surface area contributed by atoms with Crippen LogP contribution in [-0.2, 0) is 9.47 Å². The number of methoxy groups -OCH3 is 2. The van der Waals surface area contributed by atoms with Crippen molar-refractivity contribution in [2.45, 2.75) is 31.6 Å². The van der Waals surface area contributed by atoms with Crippen molar-refractivity contribution < 1.29 is 9.47 Å². The van der Waals surface area contributed by atoms with Crippen molar-refractivity contribution in [2.24, 2.45) is 0 Å². The van der Waals surface area contributed by atoms with Gasteiger partial charge in [0.05, 0.1) is 0 Å². The van der Waals surface area contributed by atoms with E-state index in [0.29, 0.717) is 0 Å². The second-order valence-electron chi connectivity index (χ2n) is 4.85.